The fourth-order valence-electron chi connectivity index (χ4n) is 1.93. The molecule has 1 fully saturated rings. The number of hydrogen-bond acceptors (Lipinski definition) is 3. The van der Waals surface area contributed by atoms with Crippen molar-refractivity contribution in [3.05, 3.63) is 0 Å². The summed E-state index contributed by atoms with van der Waals surface area (Å²) in [4.78, 5) is 0. The highest BCUT2D eigenvalue weighted by Crippen LogP contribution is 2.26. The van der Waals surface area contributed by atoms with E-state index in [1.807, 2.05) is 13.8 Å². The standard InChI is InChI=1S/C11H22O3/c1-4-12-11(13-5-2)10-7-6-8-14-9(10)3/h9-11H,4-8H2,1-3H3/t9-,10+/m1/s1. The molecule has 0 radical (unpaired) electrons. The van der Waals surface area contributed by atoms with Gasteiger partial charge in [-0.15, -0.1) is 0 Å². The largest absolute Gasteiger partial charge is 0.378 e. The van der Waals surface area contributed by atoms with Gasteiger partial charge in [-0.1, -0.05) is 0 Å². The van der Waals surface area contributed by atoms with Gasteiger partial charge in [0, 0.05) is 25.7 Å². The minimum Gasteiger partial charge on any atom is -0.378 e. The molecule has 0 bridgehead atoms. The average molecular weight is 202 g/mol. The van der Waals surface area contributed by atoms with Crippen LogP contribution in [0.5, 0.6) is 0 Å². The first kappa shape index (κ1) is 12.0. The molecule has 1 heterocycles. The monoisotopic (exact) mass is 202 g/mol. The van der Waals surface area contributed by atoms with Gasteiger partial charge in [0.2, 0.25) is 0 Å². The van der Waals surface area contributed by atoms with E-state index in [1.54, 1.807) is 0 Å². The van der Waals surface area contributed by atoms with Crippen LogP contribution in [0.2, 0.25) is 0 Å². The summed E-state index contributed by atoms with van der Waals surface area (Å²) < 4.78 is 16.8. The first-order chi connectivity index (χ1) is 6.79. The van der Waals surface area contributed by atoms with Crippen LogP contribution >= 0.6 is 0 Å². The molecule has 3 heteroatoms. The van der Waals surface area contributed by atoms with Crippen LogP contribution in [-0.2, 0) is 14.2 Å². The van der Waals surface area contributed by atoms with Gasteiger partial charge in [0.25, 0.3) is 0 Å². The molecule has 0 aromatic rings. The molecule has 0 aromatic carbocycles. The molecule has 84 valence electrons. The Labute approximate surface area is 86.7 Å². The van der Waals surface area contributed by atoms with Crippen molar-refractivity contribution in [2.75, 3.05) is 19.8 Å². The van der Waals surface area contributed by atoms with Crippen LogP contribution in [0.1, 0.15) is 33.6 Å². The van der Waals surface area contributed by atoms with E-state index in [4.69, 9.17) is 14.2 Å². The smallest absolute Gasteiger partial charge is 0.162 e. The highest BCUT2D eigenvalue weighted by Gasteiger charge is 2.30. The fourth-order valence-corrected chi connectivity index (χ4v) is 1.93. The van der Waals surface area contributed by atoms with Crippen molar-refractivity contribution in [2.45, 2.75) is 46.0 Å². The van der Waals surface area contributed by atoms with E-state index in [2.05, 4.69) is 6.92 Å². The summed E-state index contributed by atoms with van der Waals surface area (Å²) in [5.41, 5.74) is 0. The lowest BCUT2D eigenvalue weighted by molar-refractivity contribution is -0.201. The first-order valence-corrected chi connectivity index (χ1v) is 5.64. The van der Waals surface area contributed by atoms with Crippen LogP contribution in [0.25, 0.3) is 0 Å². The number of ether oxygens (including phenoxy) is 3. The summed E-state index contributed by atoms with van der Waals surface area (Å²) in [5, 5.41) is 0. The Balaban J connectivity index is 2.46. The van der Waals surface area contributed by atoms with Gasteiger partial charge in [0.1, 0.15) is 0 Å². The summed E-state index contributed by atoms with van der Waals surface area (Å²) in [6.45, 7) is 8.39. The summed E-state index contributed by atoms with van der Waals surface area (Å²) in [6, 6.07) is 0. The molecule has 0 aromatic heterocycles. The van der Waals surface area contributed by atoms with E-state index in [9.17, 15) is 0 Å². The lowest BCUT2D eigenvalue weighted by Gasteiger charge is -2.34. The summed E-state index contributed by atoms with van der Waals surface area (Å²) >= 11 is 0. The summed E-state index contributed by atoms with van der Waals surface area (Å²) in [6.07, 6.45) is 2.43. The van der Waals surface area contributed by atoms with Crippen molar-refractivity contribution in [3.63, 3.8) is 0 Å². The minimum atomic E-state index is -0.0831. The van der Waals surface area contributed by atoms with Crippen molar-refractivity contribution >= 4 is 0 Å². The van der Waals surface area contributed by atoms with E-state index < -0.39 is 0 Å². The van der Waals surface area contributed by atoms with Crippen LogP contribution in [0.4, 0.5) is 0 Å². The molecule has 1 aliphatic rings. The molecule has 0 N–H and O–H groups in total. The van der Waals surface area contributed by atoms with Gasteiger partial charge in [-0.2, -0.15) is 0 Å². The maximum absolute atomic E-state index is 5.60. The van der Waals surface area contributed by atoms with E-state index >= 15 is 0 Å². The van der Waals surface area contributed by atoms with Crippen LogP contribution in [0.15, 0.2) is 0 Å². The lowest BCUT2D eigenvalue weighted by atomic mass is 9.94. The van der Waals surface area contributed by atoms with Crippen molar-refractivity contribution in [2.24, 2.45) is 5.92 Å². The zero-order valence-corrected chi connectivity index (χ0v) is 9.49. The van der Waals surface area contributed by atoms with Gasteiger partial charge in [0.15, 0.2) is 6.29 Å². The molecule has 0 amide bonds. The number of hydrogen-bond donors (Lipinski definition) is 0. The molecule has 0 spiro atoms. The molecule has 0 saturated carbocycles. The Morgan fingerprint density at radius 1 is 1.29 bits per heavy atom. The molecule has 1 aliphatic heterocycles. The van der Waals surface area contributed by atoms with E-state index in [0.29, 0.717) is 19.1 Å². The second-order valence-electron chi connectivity index (χ2n) is 3.66. The Morgan fingerprint density at radius 3 is 2.43 bits per heavy atom. The molecule has 1 saturated heterocycles. The molecule has 0 unspecified atom stereocenters. The normalized spacial score (nSPS) is 28.3. The summed E-state index contributed by atoms with van der Waals surface area (Å²) in [5.74, 6) is 0.392. The fraction of sp³-hybridized carbons (Fsp3) is 1.00. The second-order valence-corrected chi connectivity index (χ2v) is 3.66. The van der Waals surface area contributed by atoms with E-state index in [1.165, 1.54) is 0 Å². The maximum atomic E-state index is 5.60. The maximum Gasteiger partial charge on any atom is 0.162 e. The van der Waals surface area contributed by atoms with Crippen molar-refractivity contribution in [1.82, 2.24) is 0 Å². The van der Waals surface area contributed by atoms with Gasteiger partial charge in [-0.3, -0.25) is 0 Å². The van der Waals surface area contributed by atoms with Crippen molar-refractivity contribution < 1.29 is 14.2 Å². The molecule has 0 aliphatic carbocycles. The molecule has 1 rings (SSSR count). The summed E-state index contributed by atoms with van der Waals surface area (Å²) in [7, 11) is 0. The van der Waals surface area contributed by atoms with Crippen molar-refractivity contribution in [1.29, 1.82) is 0 Å². The molecule has 2 atom stereocenters. The van der Waals surface area contributed by atoms with Gasteiger partial charge in [-0.05, 0) is 33.6 Å². The molecular weight excluding hydrogens is 180 g/mol. The van der Waals surface area contributed by atoms with E-state index in [0.717, 1.165) is 19.4 Å². The lowest BCUT2D eigenvalue weighted by Crippen LogP contribution is -2.38. The highest BCUT2D eigenvalue weighted by molar-refractivity contribution is 4.74. The van der Waals surface area contributed by atoms with Crippen molar-refractivity contribution in [3.8, 4) is 0 Å². The quantitative estimate of drug-likeness (QED) is 0.640. The predicted octanol–water partition coefficient (Wildman–Crippen LogP) is 2.20. The van der Waals surface area contributed by atoms with Crippen LogP contribution < -0.4 is 0 Å². The topological polar surface area (TPSA) is 27.7 Å². The third kappa shape index (κ3) is 3.23. The van der Waals surface area contributed by atoms with Gasteiger partial charge >= 0.3 is 0 Å². The molecule has 14 heavy (non-hydrogen) atoms. The Bertz CT molecular complexity index is 143. The van der Waals surface area contributed by atoms with Gasteiger partial charge in [-0.25, -0.2) is 0 Å². The minimum absolute atomic E-state index is 0.0831. The van der Waals surface area contributed by atoms with Gasteiger partial charge in [0.05, 0.1) is 6.10 Å². The Morgan fingerprint density at radius 2 is 1.93 bits per heavy atom. The Hall–Kier alpha value is -0.120. The third-order valence-corrected chi connectivity index (χ3v) is 2.68. The second kappa shape index (κ2) is 6.38. The van der Waals surface area contributed by atoms with E-state index in [-0.39, 0.29) is 12.4 Å². The zero-order chi connectivity index (χ0) is 10.4. The highest BCUT2D eigenvalue weighted by atomic mass is 16.7. The SMILES string of the molecule is CCOC(OCC)[C@H]1CCCO[C@@H]1C. The predicted molar refractivity (Wildman–Crippen MR) is 55.2 cm³/mol. The van der Waals surface area contributed by atoms with Crippen LogP contribution in [0.3, 0.4) is 0 Å². The van der Waals surface area contributed by atoms with Crippen LogP contribution in [-0.4, -0.2) is 32.2 Å². The zero-order valence-electron chi connectivity index (χ0n) is 9.49. The third-order valence-electron chi connectivity index (χ3n) is 2.68. The number of rotatable bonds is 5. The Kier molecular flexibility index (Phi) is 5.45. The first-order valence-electron chi connectivity index (χ1n) is 5.64. The molecular formula is C11H22O3. The molecule has 3 nitrogen and oxygen atoms in total. The van der Waals surface area contributed by atoms with Gasteiger partial charge < -0.3 is 14.2 Å². The van der Waals surface area contributed by atoms with Crippen LogP contribution in [0, 0.1) is 5.92 Å². The average Bonchev–Trinajstić information content (AvgIpc) is 2.18.